The Labute approximate surface area is 142 Å². The van der Waals surface area contributed by atoms with Gasteiger partial charge >= 0.3 is 0 Å². The Morgan fingerprint density at radius 3 is 2.30 bits per heavy atom. The van der Waals surface area contributed by atoms with Crippen LogP contribution in [0.1, 0.15) is 0 Å². The molecule has 0 unspecified atom stereocenters. The number of nitrogens with zero attached hydrogens (tertiary/aromatic N) is 2. The van der Waals surface area contributed by atoms with Gasteiger partial charge in [0.25, 0.3) is 0 Å². The van der Waals surface area contributed by atoms with Crippen molar-refractivity contribution in [3.63, 3.8) is 0 Å². The summed E-state index contributed by atoms with van der Waals surface area (Å²) in [7, 11) is 0. The predicted octanol–water partition coefficient (Wildman–Crippen LogP) is 5.76. The van der Waals surface area contributed by atoms with Gasteiger partial charge in [0.2, 0.25) is 5.28 Å². The maximum atomic E-state index is 6.09. The van der Waals surface area contributed by atoms with Gasteiger partial charge in [0, 0.05) is 10.6 Å². The van der Waals surface area contributed by atoms with Crippen LogP contribution in [0.5, 0.6) is 0 Å². The Bertz CT molecular complexity index is 952. The highest BCUT2D eigenvalue weighted by molar-refractivity contribution is 7.22. The highest BCUT2D eigenvalue weighted by Crippen LogP contribution is 2.36. The first-order valence-electron chi connectivity index (χ1n) is 7.14. The van der Waals surface area contributed by atoms with Crippen molar-refractivity contribution < 1.29 is 0 Å². The van der Waals surface area contributed by atoms with Gasteiger partial charge in [-0.15, -0.1) is 11.3 Å². The van der Waals surface area contributed by atoms with Crippen molar-refractivity contribution in [1.82, 2.24) is 9.97 Å². The second-order valence-electron chi connectivity index (χ2n) is 5.03. The van der Waals surface area contributed by atoms with E-state index in [1.807, 2.05) is 48.5 Å². The molecular weight excluding hydrogens is 326 g/mol. The minimum atomic E-state index is 0.248. The number of hydrogen-bond acceptors (Lipinski definition) is 4. The number of hydrogen-bond donors (Lipinski definition) is 1. The molecule has 0 saturated heterocycles. The Morgan fingerprint density at radius 1 is 0.870 bits per heavy atom. The largest absolute Gasteiger partial charge is 0.340 e. The molecule has 1 N–H and O–H groups in total. The Hall–Kier alpha value is -2.43. The fourth-order valence-corrected chi connectivity index (χ4v) is 3.65. The molecule has 0 saturated carbocycles. The Morgan fingerprint density at radius 2 is 1.57 bits per heavy atom. The summed E-state index contributed by atoms with van der Waals surface area (Å²) in [6.45, 7) is 0. The Balaban J connectivity index is 1.83. The van der Waals surface area contributed by atoms with Crippen LogP contribution in [-0.2, 0) is 0 Å². The number of benzene rings is 2. The van der Waals surface area contributed by atoms with Gasteiger partial charge < -0.3 is 5.32 Å². The SMILES string of the molecule is Clc1nc(Nc2ccccc2)c2cc(-c3ccccc3)sc2n1. The normalized spacial score (nSPS) is 10.8. The first kappa shape index (κ1) is 14.2. The molecule has 0 aliphatic heterocycles. The van der Waals surface area contributed by atoms with Crippen LogP contribution >= 0.6 is 22.9 Å². The molecule has 2 aromatic carbocycles. The van der Waals surface area contributed by atoms with Crippen molar-refractivity contribution in [3.8, 4) is 10.4 Å². The maximum absolute atomic E-state index is 6.09. The lowest BCUT2D eigenvalue weighted by molar-refractivity contribution is 1.23. The van der Waals surface area contributed by atoms with Crippen LogP contribution in [0.25, 0.3) is 20.7 Å². The molecule has 4 aromatic rings. The van der Waals surface area contributed by atoms with E-state index in [1.54, 1.807) is 11.3 Å². The number of aromatic nitrogens is 2. The molecule has 4 rings (SSSR count). The number of nitrogens with one attached hydrogen (secondary N) is 1. The quantitative estimate of drug-likeness (QED) is 0.483. The molecular formula is C18H12ClN3S. The third kappa shape index (κ3) is 2.91. The summed E-state index contributed by atoms with van der Waals surface area (Å²) in [5.41, 5.74) is 2.13. The number of anilines is 2. The smallest absolute Gasteiger partial charge is 0.225 e. The number of fused-ring (bicyclic) bond motifs is 1. The zero-order valence-corrected chi connectivity index (χ0v) is 13.6. The summed E-state index contributed by atoms with van der Waals surface area (Å²) in [5.74, 6) is 0.727. The minimum Gasteiger partial charge on any atom is -0.340 e. The molecule has 0 radical (unpaired) electrons. The molecule has 3 nitrogen and oxygen atoms in total. The molecule has 112 valence electrons. The number of para-hydroxylation sites is 1. The molecule has 0 bridgehead atoms. The standard InChI is InChI=1S/C18H12ClN3S/c19-18-21-16(20-13-9-5-2-6-10-13)14-11-15(23-17(14)22-18)12-7-3-1-4-8-12/h1-11H,(H,20,21,22). The molecule has 2 heterocycles. The lowest BCUT2D eigenvalue weighted by Gasteiger charge is -2.06. The molecule has 23 heavy (non-hydrogen) atoms. The van der Waals surface area contributed by atoms with Crippen LogP contribution in [0, 0.1) is 0 Å². The van der Waals surface area contributed by atoms with Crippen LogP contribution in [0.2, 0.25) is 5.28 Å². The first-order chi connectivity index (χ1) is 11.3. The van der Waals surface area contributed by atoms with E-state index in [9.17, 15) is 0 Å². The minimum absolute atomic E-state index is 0.248. The van der Waals surface area contributed by atoms with Crippen molar-refractivity contribution in [2.75, 3.05) is 5.32 Å². The summed E-state index contributed by atoms with van der Waals surface area (Å²) in [5, 5.41) is 4.55. The number of halogens is 1. The molecule has 0 aliphatic rings. The second kappa shape index (κ2) is 5.99. The third-order valence-corrected chi connectivity index (χ3v) is 4.71. The third-order valence-electron chi connectivity index (χ3n) is 3.46. The lowest BCUT2D eigenvalue weighted by Crippen LogP contribution is -1.95. The van der Waals surface area contributed by atoms with E-state index in [4.69, 9.17) is 11.6 Å². The van der Waals surface area contributed by atoms with Gasteiger partial charge in [0.15, 0.2) is 0 Å². The van der Waals surface area contributed by atoms with Crippen molar-refractivity contribution in [1.29, 1.82) is 0 Å². The van der Waals surface area contributed by atoms with Crippen molar-refractivity contribution >= 4 is 44.7 Å². The summed E-state index contributed by atoms with van der Waals surface area (Å²) in [4.78, 5) is 10.7. The van der Waals surface area contributed by atoms with Crippen LogP contribution in [-0.4, -0.2) is 9.97 Å². The zero-order valence-electron chi connectivity index (χ0n) is 12.0. The fraction of sp³-hybridized carbons (Fsp3) is 0. The van der Waals surface area contributed by atoms with Crippen LogP contribution in [0.3, 0.4) is 0 Å². The summed E-state index contributed by atoms with van der Waals surface area (Å²) in [6, 6.07) is 22.3. The van der Waals surface area contributed by atoms with Gasteiger partial charge in [-0.2, -0.15) is 4.98 Å². The van der Waals surface area contributed by atoms with E-state index in [0.29, 0.717) is 0 Å². The molecule has 0 fully saturated rings. The summed E-state index contributed by atoms with van der Waals surface area (Å²) < 4.78 is 0. The van der Waals surface area contributed by atoms with Gasteiger partial charge in [-0.3, -0.25) is 0 Å². The van der Waals surface area contributed by atoms with E-state index < -0.39 is 0 Å². The highest BCUT2D eigenvalue weighted by atomic mass is 35.5. The maximum Gasteiger partial charge on any atom is 0.225 e. The van der Waals surface area contributed by atoms with Gasteiger partial charge in [-0.1, -0.05) is 48.5 Å². The topological polar surface area (TPSA) is 37.8 Å². The van der Waals surface area contributed by atoms with Crippen LogP contribution in [0.4, 0.5) is 11.5 Å². The fourth-order valence-electron chi connectivity index (χ4n) is 2.39. The predicted molar refractivity (Wildman–Crippen MR) is 97.6 cm³/mol. The van der Waals surface area contributed by atoms with Gasteiger partial charge in [0.1, 0.15) is 10.6 Å². The summed E-state index contributed by atoms with van der Waals surface area (Å²) in [6.07, 6.45) is 0. The monoisotopic (exact) mass is 337 g/mol. The molecule has 0 aliphatic carbocycles. The van der Waals surface area contributed by atoms with Crippen LogP contribution in [0.15, 0.2) is 66.7 Å². The second-order valence-corrected chi connectivity index (χ2v) is 6.40. The molecule has 5 heteroatoms. The van der Waals surface area contributed by atoms with E-state index in [2.05, 4.69) is 33.5 Å². The lowest BCUT2D eigenvalue weighted by atomic mass is 10.2. The number of thiophene rings is 1. The van der Waals surface area contributed by atoms with Crippen molar-refractivity contribution in [3.05, 3.63) is 72.0 Å². The summed E-state index contributed by atoms with van der Waals surface area (Å²) >= 11 is 7.70. The molecule has 0 spiro atoms. The van der Waals surface area contributed by atoms with E-state index >= 15 is 0 Å². The molecule has 2 aromatic heterocycles. The van der Waals surface area contributed by atoms with E-state index in [-0.39, 0.29) is 5.28 Å². The van der Waals surface area contributed by atoms with Crippen molar-refractivity contribution in [2.24, 2.45) is 0 Å². The first-order valence-corrected chi connectivity index (χ1v) is 8.33. The van der Waals surface area contributed by atoms with Gasteiger partial charge in [0.05, 0.1) is 5.39 Å². The van der Waals surface area contributed by atoms with Gasteiger partial charge in [-0.05, 0) is 35.4 Å². The molecule has 0 atom stereocenters. The van der Waals surface area contributed by atoms with E-state index in [1.165, 1.54) is 0 Å². The van der Waals surface area contributed by atoms with E-state index in [0.717, 1.165) is 32.2 Å². The zero-order chi connectivity index (χ0) is 15.6. The average Bonchev–Trinajstić information content (AvgIpc) is 3.01. The van der Waals surface area contributed by atoms with Crippen LogP contribution < -0.4 is 5.32 Å². The Kier molecular flexibility index (Phi) is 3.69. The average molecular weight is 338 g/mol. The van der Waals surface area contributed by atoms with Gasteiger partial charge in [-0.25, -0.2) is 4.98 Å². The van der Waals surface area contributed by atoms with Crippen molar-refractivity contribution in [2.45, 2.75) is 0 Å². The highest BCUT2D eigenvalue weighted by Gasteiger charge is 2.12. The molecule has 0 amide bonds. The number of rotatable bonds is 3.